The van der Waals surface area contributed by atoms with E-state index in [1.807, 2.05) is 0 Å². The molecule has 2 rings (SSSR count). The summed E-state index contributed by atoms with van der Waals surface area (Å²) in [7, 11) is 0. The number of rotatable bonds is 3. The van der Waals surface area contributed by atoms with Gasteiger partial charge in [-0.3, -0.25) is 4.90 Å². The zero-order valence-electron chi connectivity index (χ0n) is 10.3. The van der Waals surface area contributed by atoms with Crippen molar-refractivity contribution in [2.24, 2.45) is 0 Å². The van der Waals surface area contributed by atoms with Gasteiger partial charge in [-0.05, 0) is 13.0 Å². The zero-order chi connectivity index (χ0) is 13.1. The molecule has 0 unspecified atom stereocenters. The fourth-order valence-electron chi connectivity index (χ4n) is 2.34. The molecule has 1 aromatic rings. The Morgan fingerprint density at radius 3 is 2.50 bits per heavy atom. The molecule has 0 aliphatic carbocycles. The number of halogens is 3. The topological polar surface area (TPSA) is 15.3 Å². The zero-order valence-corrected chi connectivity index (χ0v) is 10.3. The van der Waals surface area contributed by atoms with Crippen LogP contribution < -0.4 is 5.32 Å². The molecule has 100 valence electrons. The highest BCUT2D eigenvalue weighted by atomic mass is 19.3. The third-order valence-electron chi connectivity index (χ3n) is 3.25. The summed E-state index contributed by atoms with van der Waals surface area (Å²) in [4.78, 5) is 1.65. The number of benzene rings is 1. The molecule has 1 aromatic carbocycles. The maximum atomic E-state index is 13.8. The maximum Gasteiger partial charge on any atom is 0.258 e. The summed E-state index contributed by atoms with van der Waals surface area (Å²) in [5.74, 6) is -0.551. The van der Waals surface area contributed by atoms with Crippen LogP contribution in [0.15, 0.2) is 18.2 Å². The van der Waals surface area contributed by atoms with Crippen molar-refractivity contribution in [3.05, 3.63) is 35.1 Å². The molecule has 1 heterocycles. The minimum atomic E-state index is -2.58. The first-order chi connectivity index (χ1) is 8.59. The van der Waals surface area contributed by atoms with Crippen LogP contribution in [0.2, 0.25) is 0 Å². The Morgan fingerprint density at radius 2 is 1.89 bits per heavy atom. The SMILES string of the molecule is Cc1ccc(F)c([C@@H](C(F)F)N2CCNCC2)c1. The fourth-order valence-corrected chi connectivity index (χ4v) is 2.34. The highest BCUT2D eigenvalue weighted by Crippen LogP contribution is 2.30. The maximum absolute atomic E-state index is 13.8. The summed E-state index contributed by atoms with van der Waals surface area (Å²) in [6.45, 7) is 4.14. The normalized spacial score (nSPS) is 19.2. The van der Waals surface area contributed by atoms with E-state index in [9.17, 15) is 13.2 Å². The van der Waals surface area contributed by atoms with E-state index in [4.69, 9.17) is 0 Å². The van der Waals surface area contributed by atoms with Crippen molar-refractivity contribution in [2.45, 2.75) is 19.4 Å². The predicted octanol–water partition coefficient (Wildman–Crippen LogP) is 2.35. The van der Waals surface area contributed by atoms with E-state index in [2.05, 4.69) is 5.32 Å². The van der Waals surface area contributed by atoms with Crippen LogP contribution in [-0.4, -0.2) is 37.5 Å². The van der Waals surface area contributed by atoms with Gasteiger partial charge in [0.1, 0.15) is 5.82 Å². The summed E-state index contributed by atoms with van der Waals surface area (Å²) in [6, 6.07) is 3.24. The molecule has 0 amide bonds. The van der Waals surface area contributed by atoms with Gasteiger partial charge in [0.25, 0.3) is 6.43 Å². The van der Waals surface area contributed by atoms with Gasteiger partial charge >= 0.3 is 0 Å². The van der Waals surface area contributed by atoms with Crippen molar-refractivity contribution >= 4 is 0 Å². The smallest absolute Gasteiger partial charge is 0.258 e. The largest absolute Gasteiger partial charge is 0.314 e. The van der Waals surface area contributed by atoms with E-state index in [-0.39, 0.29) is 5.56 Å². The lowest BCUT2D eigenvalue weighted by Gasteiger charge is -2.34. The van der Waals surface area contributed by atoms with Gasteiger partial charge in [-0.25, -0.2) is 13.2 Å². The lowest BCUT2D eigenvalue weighted by Crippen LogP contribution is -2.47. The molecule has 5 heteroatoms. The van der Waals surface area contributed by atoms with Gasteiger partial charge in [0.2, 0.25) is 0 Å². The van der Waals surface area contributed by atoms with Crippen molar-refractivity contribution in [3.63, 3.8) is 0 Å². The van der Waals surface area contributed by atoms with Crippen molar-refractivity contribution in [3.8, 4) is 0 Å². The highest BCUT2D eigenvalue weighted by Gasteiger charge is 2.32. The predicted molar refractivity (Wildman–Crippen MR) is 64.3 cm³/mol. The lowest BCUT2D eigenvalue weighted by atomic mass is 10.0. The third kappa shape index (κ3) is 2.84. The molecule has 2 nitrogen and oxygen atoms in total. The third-order valence-corrected chi connectivity index (χ3v) is 3.25. The average Bonchev–Trinajstić information content (AvgIpc) is 2.35. The van der Waals surface area contributed by atoms with Crippen LogP contribution in [-0.2, 0) is 0 Å². The van der Waals surface area contributed by atoms with Crippen LogP contribution in [0.1, 0.15) is 17.2 Å². The number of nitrogens with one attached hydrogen (secondary N) is 1. The molecule has 1 saturated heterocycles. The second kappa shape index (κ2) is 5.71. The summed E-state index contributed by atoms with van der Waals surface area (Å²) in [5.41, 5.74) is 0.902. The minimum absolute atomic E-state index is 0.104. The van der Waals surface area contributed by atoms with Crippen molar-refractivity contribution in [2.75, 3.05) is 26.2 Å². The summed E-state index contributed by atoms with van der Waals surface area (Å²) >= 11 is 0. The Hall–Kier alpha value is -1.07. The average molecular weight is 258 g/mol. The molecule has 18 heavy (non-hydrogen) atoms. The Kier molecular flexibility index (Phi) is 4.24. The molecule has 1 atom stereocenters. The number of hydrogen-bond donors (Lipinski definition) is 1. The lowest BCUT2D eigenvalue weighted by molar-refractivity contribution is 0.0164. The number of piperazine rings is 1. The Bertz CT molecular complexity index is 403. The fraction of sp³-hybridized carbons (Fsp3) is 0.538. The van der Waals surface area contributed by atoms with Gasteiger partial charge in [0.05, 0.1) is 6.04 Å². The number of alkyl halides is 2. The van der Waals surface area contributed by atoms with Crippen LogP contribution in [0.4, 0.5) is 13.2 Å². The van der Waals surface area contributed by atoms with Crippen molar-refractivity contribution in [1.29, 1.82) is 0 Å². The second-order valence-electron chi connectivity index (χ2n) is 4.59. The van der Waals surface area contributed by atoms with Crippen molar-refractivity contribution in [1.82, 2.24) is 10.2 Å². The van der Waals surface area contributed by atoms with Gasteiger partial charge in [0, 0.05) is 31.7 Å². The summed E-state index contributed by atoms with van der Waals surface area (Å²) in [6.07, 6.45) is -2.58. The monoisotopic (exact) mass is 258 g/mol. The van der Waals surface area contributed by atoms with Crippen LogP contribution in [0, 0.1) is 12.7 Å². The van der Waals surface area contributed by atoms with Gasteiger partial charge in [0.15, 0.2) is 0 Å². The number of nitrogens with zero attached hydrogens (tertiary/aromatic N) is 1. The van der Waals surface area contributed by atoms with E-state index in [1.165, 1.54) is 12.1 Å². The summed E-state index contributed by atoms with van der Waals surface area (Å²) < 4.78 is 40.3. The quantitative estimate of drug-likeness (QED) is 0.895. The highest BCUT2D eigenvalue weighted by molar-refractivity contribution is 5.27. The molecule has 1 N–H and O–H groups in total. The second-order valence-corrected chi connectivity index (χ2v) is 4.59. The minimum Gasteiger partial charge on any atom is -0.314 e. The van der Waals surface area contributed by atoms with Crippen LogP contribution in [0.5, 0.6) is 0 Å². The van der Waals surface area contributed by atoms with E-state index >= 15 is 0 Å². The first kappa shape index (κ1) is 13.4. The van der Waals surface area contributed by atoms with E-state index in [1.54, 1.807) is 17.9 Å². The van der Waals surface area contributed by atoms with Crippen molar-refractivity contribution < 1.29 is 13.2 Å². The van der Waals surface area contributed by atoms with Crippen LogP contribution in [0.3, 0.4) is 0 Å². The first-order valence-electron chi connectivity index (χ1n) is 6.08. The molecule has 0 spiro atoms. The molecular formula is C13H17F3N2. The number of hydrogen-bond acceptors (Lipinski definition) is 2. The number of aryl methyl sites for hydroxylation is 1. The molecule has 0 aromatic heterocycles. The van der Waals surface area contributed by atoms with Crippen LogP contribution >= 0.6 is 0 Å². The van der Waals surface area contributed by atoms with Gasteiger partial charge in [-0.1, -0.05) is 17.7 Å². The molecule has 1 aliphatic rings. The molecule has 0 radical (unpaired) electrons. The molecule has 0 saturated carbocycles. The molecule has 1 aliphatic heterocycles. The first-order valence-corrected chi connectivity index (χ1v) is 6.08. The standard InChI is InChI=1S/C13H17F3N2/c1-9-2-3-11(14)10(8-9)12(13(15)16)18-6-4-17-5-7-18/h2-3,8,12-13,17H,4-7H2,1H3/t12-/m0/s1. The Balaban J connectivity index is 2.31. The van der Waals surface area contributed by atoms with E-state index < -0.39 is 18.3 Å². The Labute approximate surface area is 105 Å². The van der Waals surface area contributed by atoms with E-state index in [0.717, 1.165) is 5.56 Å². The van der Waals surface area contributed by atoms with Gasteiger partial charge < -0.3 is 5.32 Å². The summed E-state index contributed by atoms with van der Waals surface area (Å²) in [5, 5.41) is 3.11. The molecule has 1 fully saturated rings. The molecule has 0 bridgehead atoms. The van der Waals surface area contributed by atoms with Gasteiger partial charge in [-0.15, -0.1) is 0 Å². The van der Waals surface area contributed by atoms with Gasteiger partial charge in [-0.2, -0.15) is 0 Å². The van der Waals surface area contributed by atoms with Crippen LogP contribution in [0.25, 0.3) is 0 Å². The molecular weight excluding hydrogens is 241 g/mol. The Morgan fingerprint density at radius 1 is 1.22 bits per heavy atom. The van der Waals surface area contributed by atoms with E-state index in [0.29, 0.717) is 26.2 Å².